The number of piperidine rings is 1. The van der Waals surface area contributed by atoms with Crippen LogP contribution in [0, 0.1) is 5.92 Å². The summed E-state index contributed by atoms with van der Waals surface area (Å²) in [5.74, 6) is 0.466. The SMILES string of the molecule is O=c1n(CCc2ccccc2)c2ccccc2n1C(CCc1ccccc1)C1CCCNC1. The predicted octanol–water partition coefficient (Wildman–Crippen LogP) is 5.22. The standard InChI is InChI=1S/C29H33N3O/c33-29-31(21-19-24-12-5-2-6-13-24)27-15-7-8-16-28(27)32(29)26(25-14-9-20-30-22-25)18-17-23-10-3-1-4-11-23/h1-8,10-13,15-16,25-26,30H,9,14,17-22H2. The number of aromatic nitrogens is 2. The van der Waals surface area contributed by atoms with Gasteiger partial charge in [0.05, 0.1) is 11.0 Å². The molecule has 1 aliphatic rings. The second kappa shape index (κ2) is 10.2. The van der Waals surface area contributed by atoms with Gasteiger partial charge in [0.2, 0.25) is 0 Å². The summed E-state index contributed by atoms with van der Waals surface area (Å²) in [6, 6.07) is 29.6. The Labute approximate surface area is 195 Å². The van der Waals surface area contributed by atoms with Gasteiger partial charge in [-0.05, 0) is 74.4 Å². The molecule has 0 radical (unpaired) electrons. The minimum Gasteiger partial charge on any atom is -0.316 e. The zero-order valence-corrected chi connectivity index (χ0v) is 19.2. The fraction of sp³-hybridized carbons (Fsp3) is 0.345. The van der Waals surface area contributed by atoms with Crippen LogP contribution in [-0.4, -0.2) is 22.2 Å². The minimum absolute atomic E-state index is 0.135. The Balaban J connectivity index is 1.51. The second-order valence-corrected chi connectivity index (χ2v) is 9.23. The van der Waals surface area contributed by atoms with Crippen molar-refractivity contribution in [1.29, 1.82) is 0 Å². The number of nitrogens with zero attached hydrogens (tertiary/aromatic N) is 2. The summed E-state index contributed by atoms with van der Waals surface area (Å²) in [7, 11) is 0. The van der Waals surface area contributed by atoms with Crippen molar-refractivity contribution in [3.05, 3.63) is 107 Å². The summed E-state index contributed by atoms with van der Waals surface area (Å²) in [4.78, 5) is 13.9. The molecule has 0 amide bonds. The maximum atomic E-state index is 13.9. The van der Waals surface area contributed by atoms with E-state index in [9.17, 15) is 4.79 Å². The third kappa shape index (κ3) is 4.81. The zero-order chi connectivity index (χ0) is 22.5. The Kier molecular flexibility index (Phi) is 6.73. The van der Waals surface area contributed by atoms with Crippen molar-refractivity contribution < 1.29 is 0 Å². The van der Waals surface area contributed by atoms with Crippen molar-refractivity contribution in [3.8, 4) is 0 Å². The van der Waals surface area contributed by atoms with Gasteiger partial charge in [-0.25, -0.2) is 4.79 Å². The highest BCUT2D eigenvalue weighted by Crippen LogP contribution is 2.31. The van der Waals surface area contributed by atoms with E-state index in [2.05, 4.69) is 82.7 Å². The first-order valence-electron chi connectivity index (χ1n) is 12.3. The number of rotatable bonds is 8. The monoisotopic (exact) mass is 439 g/mol. The Hall–Kier alpha value is -3.11. The van der Waals surface area contributed by atoms with E-state index in [1.54, 1.807) is 0 Å². The van der Waals surface area contributed by atoms with E-state index in [1.807, 2.05) is 16.7 Å². The van der Waals surface area contributed by atoms with Gasteiger partial charge < -0.3 is 5.32 Å². The number of fused-ring (bicyclic) bond motifs is 1. The summed E-state index contributed by atoms with van der Waals surface area (Å²) in [5, 5.41) is 3.58. The summed E-state index contributed by atoms with van der Waals surface area (Å²) in [6.07, 6.45) is 5.16. The smallest absolute Gasteiger partial charge is 0.316 e. The van der Waals surface area contributed by atoms with E-state index in [4.69, 9.17) is 0 Å². The van der Waals surface area contributed by atoms with E-state index in [0.717, 1.165) is 43.4 Å². The number of aryl methyl sites for hydroxylation is 3. The van der Waals surface area contributed by atoms with Crippen molar-refractivity contribution in [2.75, 3.05) is 13.1 Å². The molecular formula is C29H33N3O. The molecule has 3 aromatic carbocycles. The van der Waals surface area contributed by atoms with Crippen molar-refractivity contribution in [3.63, 3.8) is 0 Å². The summed E-state index contributed by atoms with van der Waals surface area (Å²) in [6.45, 7) is 2.76. The fourth-order valence-electron chi connectivity index (χ4n) is 5.40. The minimum atomic E-state index is 0.135. The molecule has 4 heteroatoms. The normalized spacial score (nSPS) is 17.3. The molecule has 2 unspecified atom stereocenters. The molecule has 2 heterocycles. The molecule has 1 aromatic heterocycles. The Morgan fingerprint density at radius 1 is 0.818 bits per heavy atom. The van der Waals surface area contributed by atoms with Crippen LogP contribution in [0.3, 0.4) is 0 Å². The van der Waals surface area contributed by atoms with Crippen LogP contribution < -0.4 is 11.0 Å². The van der Waals surface area contributed by atoms with Crippen LogP contribution >= 0.6 is 0 Å². The van der Waals surface area contributed by atoms with Crippen molar-refractivity contribution in [1.82, 2.24) is 14.5 Å². The van der Waals surface area contributed by atoms with Gasteiger partial charge in [-0.1, -0.05) is 72.8 Å². The van der Waals surface area contributed by atoms with Crippen LogP contribution in [0.1, 0.15) is 36.4 Å². The molecule has 1 fully saturated rings. The Morgan fingerprint density at radius 2 is 1.45 bits per heavy atom. The summed E-state index contributed by atoms with van der Waals surface area (Å²) >= 11 is 0. The second-order valence-electron chi connectivity index (χ2n) is 9.23. The molecule has 0 aliphatic carbocycles. The molecule has 4 aromatic rings. The van der Waals surface area contributed by atoms with Gasteiger partial charge in [-0.2, -0.15) is 0 Å². The molecule has 5 rings (SSSR count). The van der Waals surface area contributed by atoms with E-state index < -0.39 is 0 Å². The van der Waals surface area contributed by atoms with Crippen molar-refractivity contribution in [2.24, 2.45) is 5.92 Å². The maximum Gasteiger partial charge on any atom is 0.329 e. The quantitative estimate of drug-likeness (QED) is 0.409. The Morgan fingerprint density at radius 3 is 2.12 bits per heavy atom. The van der Waals surface area contributed by atoms with Gasteiger partial charge in [-0.15, -0.1) is 0 Å². The average molecular weight is 440 g/mol. The highest BCUT2D eigenvalue weighted by molar-refractivity contribution is 5.76. The maximum absolute atomic E-state index is 13.9. The summed E-state index contributed by atoms with van der Waals surface area (Å²) in [5.41, 5.74) is 4.85. The largest absolute Gasteiger partial charge is 0.329 e. The average Bonchev–Trinajstić information content (AvgIpc) is 3.16. The van der Waals surface area contributed by atoms with Gasteiger partial charge in [0.1, 0.15) is 0 Å². The van der Waals surface area contributed by atoms with Crippen LogP contribution in [0.2, 0.25) is 0 Å². The van der Waals surface area contributed by atoms with Crippen molar-refractivity contribution in [2.45, 2.75) is 44.7 Å². The lowest BCUT2D eigenvalue weighted by atomic mass is 9.87. The fourth-order valence-corrected chi connectivity index (χ4v) is 5.40. The van der Waals surface area contributed by atoms with E-state index in [0.29, 0.717) is 12.5 Å². The molecule has 1 aliphatic heterocycles. The molecule has 2 atom stereocenters. The number of hydrogen-bond donors (Lipinski definition) is 1. The highest BCUT2D eigenvalue weighted by atomic mass is 16.1. The molecule has 1 saturated heterocycles. The van der Waals surface area contributed by atoms with E-state index in [-0.39, 0.29) is 11.7 Å². The van der Waals surface area contributed by atoms with Crippen LogP contribution in [0.4, 0.5) is 0 Å². The van der Waals surface area contributed by atoms with Gasteiger partial charge in [0.15, 0.2) is 0 Å². The molecule has 0 bridgehead atoms. The number of hydrogen-bond acceptors (Lipinski definition) is 2. The van der Waals surface area contributed by atoms with Crippen LogP contribution in [-0.2, 0) is 19.4 Å². The molecule has 170 valence electrons. The van der Waals surface area contributed by atoms with Gasteiger partial charge in [-0.3, -0.25) is 9.13 Å². The molecule has 0 spiro atoms. The topological polar surface area (TPSA) is 39.0 Å². The van der Waals surface area contributed by atoms with Gasteiger partial charge in [0.25, 0.3) is 0 Å². The van der Waals surface area contributed by atoms with E-state index in [1.165, 1.54) is 24.0 Å². The third-order valence-corrected chi connectivity index (χ3v) is 7.12. The number of para-hydroxylation sites is 2. The lowest BCUT2D eigenvalue weighted by Crippen LogP contribution is -2.39. The number of benzene rings is 3. The van der Waals surface area contributed by atoms with Crippen LogP contribution in [0.15, 0.2) is 89.7 Å². The zero-order valence-electron chi connectivity index (χ0n) is 19.2. The lowest BCUT2D eigenvalue weighted by Gasteiger charge is -2.32. The first kappa shape index (κ1) is 21.7. The predicted molar refractivity (Wildman–Crippen MR) is 136 cm³/mol. The van der Waals surface area contributed by atoms with Crippen LogP contribution in [0.5, 0.6) is 0 Å². The Bertz CT molecular complexity index is 1220. The first-order valence-corrected chi connectivity index (χ1v) is 12.3. The van der Waals surface area contributed by atoms with Crippen LogP contribution in [0.25, 0.3) is 11.0 Å². The number of nitrogens with one attached hydrogen (secondary N) is 1. The van der Waals surface area contributed by atoms with Gasteiger partial charge in [0, 0.05) is 12.6 Å². The third-order valence-electron chi connectivity index (χ3n) is 7.12. The van der Waals surface area contributed by atoms with Crippen molar-refractivity contribution >= 4 is 11.0 Å². The van der Waals surface area contributed by atoms with E-state index >= 15 is 0 Å². The molecule has 1 N–H and O–H groups in total. The highest BCUT2D eigenvalue weighted by Gasteiger charge is 2.28. The first-order chi connectivity index (χ1) is 16.3. The summed E-state index contributed by atoms with van der Waals surface area (Å²) < 4.78 is 4.12. The van der Waals surface area contributed by atoms with Gasteiger partial charge >= 0.3 is 5.69 Å². The molecular weight excluding hydrogens is 406 g/mol. The molecule has 0 saturated carbocycles. The molecule has 33 heavy (non-hydrogen) atoms. The molecule has 4 nitrogen and oxygen atoms in total. The lowest BCUT2D eigenvalue weighted by molar-refractivity contribution is 0.250. The number of imidazole rings is 1.